The Labute approximate surface area is 89.7 Å². The average molecular weight is 208 g/mol. The van der Waals surface area contributed by atoms with Gasteiger partial charge in [-0.3, -0.25) is 4.79 Å². The lowest BCUT2D eigenvalue weighted by Gasteiger charge is -2.11. The van der Waals surface area contributed by atoms with Gasteiger partial charge >= 0.3 is 5.97 Å². The maximum Gasteiger partial charge on any atom is 0.303 e. The Morgan fingerprint density at radius 1 is 1.53 bits per heavy atom. The summed E-state index contributed by atoms with van der Waals surface area (Å²) >= 11 is 0. The van der Waals surface area contributed by atoms with Gasteiger partial charge in [0, 0.05) is 6.42 Å². The molecule has 82 valence electrons. The molecular formula is C12H16O3. The molecule has 0 spiro atoms. The van der Waals surface area contributed by atoms with Gasteiger partial charge in [0.15, 0.2) is 0 Å². The van der Waals surface area contributed by atoms with E-state index in [1.54, 1.807) is 7.11 Å². The first-order chi connectivity index (χ1) is 7.13. The lowest BCUT2D eigenvalue weighted by atomic mass is 9.96. The van der Waals surface area contributed by atoms with Gasteiger partial charge in [0.1, 0.15) is 5.75 Å². The Kier molecular flexibility index (Phi) is 4.16. The third kappa shape index (κ3) is 3.62. The lowest BCUT2D eigenvalue weighted by Crippen LogP contribution is -2.00. The summed E-state index contributed by atoms with van der Waals surface area (Å²) in [7, 11) is 1.63. The van der Waals surface area contributed by atoms with Crippen molar-refractivity contribution in [2.24, 2.45) is 0 Å². The molecule has 0 radical (unpaired) electrons. The summed E-state index contributed by atoms with van der Waals surface area (Å²) in [6.45, 7) is 2.03. The second-order valence-electron chi connectivity index (χ2n) is 3.61. The highest BCUT2D eigenvalue weighted by Gasteiger charge is 2.08. The summed E-state index contributed by atoms with van der Waals surface area (Å²) in [5, 5.41) is 8.59. The van der Waals surface area contributed by atoms with Crippen LogP contribution in [0.15, 0.2) is 24.3 Å². The first-order valence-electron chi connectivity index (χ1n) is 4.99. The third-order valence-corrected chi connectivity index (χ3v) is 2.45. The van der Waals surface area contributed by atoms with Crippen molar-refractivity contribution < 1.29 is 14.6 Å². The molecule has 0 aromatic heterocycles. The highest BCUT2D eigenvalue weighted by Crippen LogP contribution is 2.23. The summed E-state index contributed by atoms with van der Waals surface area (Å²) in [5.74, 6) is 0.315. The molecule has 1 aromatic carbocycles. The smallest absolute Gasteiger partial charge is 0.303 e. The van der Waals surface area contributed by atoms with Crippen LogP contribution in [0, 0.1) is 0 Å². The Bertz CT molecular complexity index is 333. The molecule has 0 aliphatic rings. The van der Waals surface area contributed by atoms with E-state index in [-0.39, 0.29) is 12.3 Å². The standard InChI is InChI=1S/C12H16O3/c1-9(6-7-12(13)14)10-4-3-5-11(8-10)15-2/h3-5,8-9H,6-7H2,1-2H3,(H,13,14)/t9-/m1/s1. The predicted molar refractivity (Wildman–Crippen MR) is 58.3 cm³/mol. The Morgan fingerprint density at radius 2 is 2.27 bits per heavy atom. The van der Waals surface area contributed by atoms with Gasteiger partial charge in [0.25, 0.3) is 0 Å². The molecule has 0 saturated heterocycles. The largest absolute Gasteiger partial charge is 0.497 e. The number of aliphatic carboxylic acids is 1. The molecule has 0 amide bonds. The first kappa shape index (κ1) is 11.6. The van der Waals surface area contributed by atoms with Gasteiger partial charge in [0.2, 0.25) is 0 Å². The molecule has 0 fully saturated rings. The number of benzene rings is 1. The molecule has 0 heterocycles. The minimum atomic E-state index is -0.746. The van der Waals surface area contributed by atoms with Gasteiger partial charge in [-0.05, 0) is 30.0 Å². The van der Waals surface area contributed by atoms with Crippen molar-refractivity contribution in [3.63, 3.8) is 0 Å². The fourth-order valence-corrected chi connectivity index (χ4v) is 1.45. The summed E-state index contributed by atoms with van der Waals surface area (Å²) in [4.78, 5) is 10.4. The number of rotatable bonds is 5. The van der Waals surface area contributed by atoms with Crippen LogP contribution in [0.2, 0.25) is 0 Å². The van der Waals surface area contributed by atoms with Crippen molar-refractivity contribution in [1.29, 1.82) is 0 Å². The van der Waals surface area contributed by atoms with Crippen LogP contribution in [-0.2, 0) is 4.79 Å². The summed E-state index contributed by atoms with van der Waals surface area (Å²) < 4.78 is 5.11. The molecule has 0 unspecified atom stereocenters. The highest BCUT2D eigenvalue weighted by molar-refractivity contribution is 5.66. The molecule has 1 rings (SSSR count). The zero-order valence-corrected chi connectivity index (χ0v) is 9.06. The maximum atomic E-state index is 10.4. The Balaban J connectivity index is 2.64. The molecule has 3 heteroatoms. The molecule has 0 bridgehead atoms. The van der Waals surface area contributed by atoms with Crippen molar-refractivity contribution in [3.05, 3.63) is 29.8 Å². The first-order valence-corrected chi connectivity index (χ1v) is 4.99. The molecule has 0 aliphatic heterocycles. The van der Waals surface area contributed by atoms with Crippen LogP contribution in [0.3, 0.4) is 0 Å². The number of ether oxygens (including phenoxy) is 1. The highest BCUT2D eigenvalue weighted by atomic mass is 16.5. The number of carboxylic acids is 1. The van der Waals surface area contributed by atoms with Gasteiger partial charge in [-0.15, -0.1) is 0 Å². The van der Waals surface area contributed by atoms with Crippen molar-refractivity contribution in [2.45, 2.75) is 25.7 Å². The van der Waals surface area contributed by atoms with E-state index in [2.05, 4.69) is 0 Å². The summed E-state index contributed by atoms with van der Waals surface area (Å²) in [5.41, 5.74) is 1.12. The van der Waals surface area contributed by atoms with E-state index < -0.39 is 5.97 Å². The minimum absolute atomic E-state index is 0.207. The van der Waals surface area contributed by atoms with Crippen LogP contribution < -0.4 is 4.74 Å². The topological polar surface area (TPSA) is 46.5 Å². The minimum Gasteiger partial charge on any atom is -0.497 e. The van der Waals surface area contributed by atoms with Crippen LogP contribution in [0.1, 0.15) is 31.2 Å². The number of hydrogen-bond donors (Lipinski definition) is 1. The predicted octanol–water partition coefficient (Wildman–Crippen LogP) is 2.66. The molecule has 15 heavy (non-hydrogen) atoms. The molecular weight excluding hydrogens is 192 g/mol. The van der Waals surface area contributed by atoms with E-state index >= 15 is 0 Å². The Hall–Kier alpha value is -1.51. The van der Waals surface area contributed by atoms with E-state index in [1.807, 2.05) is 31.2 Å². The summed E-state index contributed by atoms with van der Waals surface area (Å²) in [6.07, 6.45) is 0.862. The summed E-state index contributed by atoms with van der Waals surface area (Å²) in [6, 6.07) is 7.75. The molecule has 1 atom stereocenters. The van der Waals surface area contributed by atoms with E-state index in [0.29, 0.717) is 6.42 Å². The van der Waals surface area contributed by atoms with Crippen molar-refractivity contribution >= 4 is 5.97 Å². The van der Waals surface area contributed by atoms with E-state index in [0.717, 1.165) is 11.3 Å². The molecule has 1 aromatic rings. The van der Waals surface area contributed by atoms with E-state index in [1.165, 1.54) is 0 Å². The van der Waals surface area contributed by atoms with Gasteiger partial charge in [-0.1, -0.05) is 19.1 Å². The maximum absolute atomic E-state index is 10.4. The number of methoxy groups -OCH3 is 1. The SMILES string of the molecule is COc1cccc([C@H](C)CCC(=O)O)c1. The van der Waals surface area contributed by atoms with E-state index in [9.17, 15) is 4.79 Å². The molecule has 0 aliphatic carbocycles. The van der Waals surface area contributed by atoms with Gasteiger partial charge in [-0.25, -0.2) is 0 Å². The monoisotopic (exact) mass is 208 g/mol. The van der Waals surface area contributed by atoms with Gasteiger partial charge in [-0.2, -0.15) is 0 Å². The van der Waals surface area contributed by atoms with Crippen LogP contribution in [0.25, 0.3) is 0 Å². The molecule has 3 nitrogen and oxygen atoms in total. The van der Waals surface area contributed by atoms with Crippen molar-refractivity contribution in [3.8, 4) is 5.75 Å². The fraction of sp³-hybridized carbons (Fsp3) is 0.417. The zero-order valence-electron chi connectivity index (χ0n) is 9.06. The van der Waals surface area contributed by atoms with Crippen LogP contribution in [-0.4, -0.2) is 18.2 Å². The van der Waals surface area contributed by atoms with Gasteiger partial charge in [0.05, 0.1) is 7.11 Å². The molecule has 1 N–H and O–H groups in total. The molecule has 0 saturated carbocycles. The van der Waals surface area contributed by atoms with Crippen LogP contribution >= 0.6 is 0 Å². The number of hydrogen-bond acceptors (Lipinski definition) is 2. The third-order valence-electron chi connectivity index (χ3n) is 2.45. The lowest BCUT2D eigenvalue weighted by molar-refractivity contribution is -0.137. The van der Waals surface area contributed by atoms with Crippen molar-refractivity contribution in [2.75, 3.05) is 7.11 Å². The van der Waals surface area contributed by atoms with Crippen LogP contribution in [0.4, 0.5) is 0 Å². The number of carbonyl (C=O) groups is 1. The Morgan fingerprint density at radius 3 is 2.87 bits per heavy atom. The van der Waals surface area contributed by atoms with Crippen LogP contribution in [0.5, 0.6) is 5.75 Å². The van der Waals surface area contributed by atoms with E-state index in [4.69, 9.17) is 9.84 Å². The second-order valence-corrected chi connectivity index (χ2v) is 3.61. The zero-order chi connectivity index (χ0) is 11.3. The fourth-order valence-electron chi connectivity index (χ4n) is 1.45. The average Bonchev–Trinajstić information content (AvgIpc) is 2.26. The quantitative estimate of drug-likeness (QED) is 0.809. The normalized spacial score (nSPS) is 12.1. The van der Waals surface area contributed by atoms with Crippen molar-refractivity contribution in [1.82, 2.24) is 0 Å². The number of carboxylic acid groups (broad SMARTS) is 1. The second kappa shape index (κ2) is 5.39. The van der Waals surface area contributed by atoms with Gasteiger partial charge < -0.3 is 9.84 Å².